The lowest BCUT2D eigenvalue weighted by Crippen LogP contribution is -2.09. The van der Waals surface area contributed by atoms with Gasteiger partial charge in [-0.2, -0.15) is 0 Å². The largest absolute Gasteiger partial charge is 0.325 e. The third-order valence-corrected chi connectivity index (χ3v) is 0.675. The van der Waals surface area contributed by atoms with Crippen LogP contribution in [-0.4, -0.2) is 6.04 Å². The van der Waals surface area contributed by atoms with Crippen LogP contribution in [0.1, 0.15) is 20.3 Å². The number of hydrogen-bond donors (Lipinski definition) is 1. The number of hydrogen-bond acceptors (Lipinski definition) is 1. The molecule has 0 aromatic carbocycles. The summed E-state index contributed by atoms with van der Waals surface area (Å²) in [7, 11) is 0. The molecule has 7 heavy (non-hydrogen) atoms. The average molecular weight is 99.2 g/mol. The first-order chi connectivity index (χ1) is 3.27. The van der Waals surface area contributed by atoms with Gasteiger partial charge in [0.05, 0.1) is 0 Å². The molecular weight excluding hydrogens is 86.1 g/mol. The third kappa shape index (κ3) is 5.70. The number of allylic oxidation sites excluding steroid dienone is 1. The molecule has 0 aromatic heterocycles. The minimum Gasteiger partial charge on any atom is -0.325 e. The lowest BCUT2D eigenvalue weighted by molar-refractivity contribution is 0.918. The fourth-order valence-corrected chi connectivity index (χ4v) is 0.351. The van der Waals surface area contributed by atoms with Crippen molar-refractivity contribution in [2.45, 2.75) is 26.3 Å². The van der Waals surface area contributed by atoms with Gasteiger partial charge in [0.15, 0.2) is 0 Å². The quantitative estimate of drug-likeness (QED) is 0.519. The van der Waals surface area contributed by atoms with Crippen LogP contribution >= 0.6 is 0 Å². The van der Waals surface area contributed by atoms with Crippen LogP contribution in [0.5, 0.6) is 0 Å². The monoisotopic (exact) mass is 99.1 g/mol. The smallest absolute Gasteiger partial charge is 0.0194 e. The second-order valence-corrected chi connectivity index (χ2v) is 1.70. The second-order valence-electron chi connectivity index (χ2n) is 1.70. The van der Waals surface area contributed by atoms with Crippen LogP contribution in [0.25, 0.3) is 0 Å². The van der Waals surface area contributed by atoms with E-state index in [1.807, 2.05) is 13.0 Å². The molecule has 0 aliphatic carbocycles. The predicted octanol–water partition coefficient (Wildman–Crippen LogP) is 1.30. The first-order valence-electron chi connectivity index (χ1n) is 2.69. The summed E-state index contributed by atoms with van der Waals surface area (Å²) in [4.78, 5) is 0. The van der Waals surface area contributed by atoms with E-state index in [2.05, 4.69) is 13.0 Å². The highest BCUT2D eigenvalue weighted by atomic mass is 14.6. The van der Waals surface area contributed by atoms with E-state index in [-0.39, 0.29) is 6.04 Å². The molecule has 0 aromatic rings. The zero-order valence-electron chi connectivity index (χ0n) is 5.02. The number of nitrogens with two attached hydrogens (primary N) is 1. The maximum Gasteiger partial charge on any atom is 0.0194 e. The van der Waals surface area contributed by atoms with E-state index < -0.39 is 0 Å². The summed E-state index contributed by atoms with van der Waals surface area (Å²) in [6.45, 7) is 4.06. The van der Waals surface area contributed by atoms with E-state index in [0.29, 0.717) is 0 Å². The molecule has 0 amide bonds. The molecule has 42 valence electrons. The highest BCUT2D eigenvalue weighted by Crippen LogP contribution is 1.81. The second kappa shape index (κ2) is 3.88. The molecule has 0 rings (SSSR count). The summed E-state index contributed by atoms with van der Waals surface area (Å²) in [6, 6.07) is 0.222. The Hall–Kier alpha value is -0.300. The Morgan fingerprint density at radius 1 is 1.71 bits per heavy atom. The van der Waals surface area contributed by atoms with Crippen molar-refractivity contribution in [1.82, 2.24) is 0 Å². The van der Waals surface area contributed by atoms with Gasteiger partial charge in [0.25, 0.3) is 0 Å². The Kier molecular flexibility index (Phi) is 3.71. The van der Waals surface area contributed by atoms with Gasteiger partial charge in [-0.15, -0.1) is 0 Å². The molecule has 0 heterocycles. The molecule has 0 unspecified atom stereocenters. The van der Waals surface area contributed by atoms with Gasteiger partial charge in [0.2, 0.25) is 0 Å². The molecular formula is C6H13N. The summed E-state index contributed by atoms with van der Waals surface area (Å²) in [5.41, 5.74) is 5.39. The van der Waals surface area contributed by atoms with Gasteiger partial charge in [-0.1, -0.05) is 19.1 Å². The van der Waals surface area contributed by atoms with E-state index >= 15 is 0 Å². The molecule has 1 atom stereocenters. The van der Waals surface area contributed by atoms with Gasteiger partial charge in [0.1, 0.15) is 0 Å². The van der Waals surface area contributed by atoms with Gasteiger partial charge in [-0.3, -0.25) is 0 Å². The van der Waals surface area contributed by atoms with E-state index in [1.165, 1.54) is 0 Å². The lowest BCUT2D eigenvalue weighted by atomic mass is 10.3. The third-order valence-electron chi connectivity index (χ3n) is 0.675. The van der Waals surface area contributed by atoms with E-state index in [1.54, 1.807) is 0 Å². The first kappa shape index (κ1) is 6.70. The number of rotatable bonds is 2. The molecule has 0 fully saturated rings. The molecule has 0 aliphatic rings. The molecule has 0 bridgehead atoms. The van der Waals surface area contributed by atoms with Gasteiger partial charge in [-0.25, -0.2) is 0 Å². The molecule has 1 nitrogen and oxygen atoms in total. The summed E-state index contributed by atoms with van der Waals surface area (Å²) in [5.74, 6) is 0. The lowest BCUT2D eigenvalue weighted by Gasteiger charge is -1.90. The fraction of sp³-hybridized carbons (Fsp3) is 0.667. The maximum absolute atomic E-state index is 5.39. The summed E-state index contributed by atoms with van der Waals surface area (Å²) < 4.78 is 0. The van der Waals surface area contributed by atoms with Crippen LogP contribution < -0.4 is 5.73 Å². The van der Waals surface area contributed by atoms with Crippen molar-refractivity contribution >= 4 is 0 Å². The summed E-state index contributed by atoms with van der Waals surface area (Å²) >= 11 is 0. The fourth-order valence-electron chi connectivity index (χ4n) is 0.351. The van der Waals surface area contributed by atoms with E-state index in [4.69, 9.17) is 5.73 Å². The Balaban J connectivity index is 3.08. The van der Waals surface area contributed by atoms with Gasteiger partial charge >= 0.3 is 0 Å². The van der Waals surface area contributed by atoms with E-state index in [9.17, 15) is 0 Å². The zero-order chi connectivity index (χ0) is 5.70. The molecule has 0 aliphatic heterocycles. The van der Waals surface area contributed by atoms with Crippen LogP contribution in [0.3, 0.4) is 0 Å². The van der Waals surface area contributed by atoms with Gasteiger partial charge in [-0.05, 0) is 13.3 Å². The Labute approximate surface area is 45.2 Å². The Morgan fingerprint density at radius 3 is 2.43 bits per heavy atom. The molecule has 0 saturated heterocycles. The van der Waals surface area contributed by atoms with Gasteiger partial charge in [0, 0.05) is 6.04 Å². The van der Waals surface area contributed by atoms with Crippen molar-refractivity contribution in [3.8, 4) is 0 Å². The van der Waals surface area contributed by atoms with E-state index in [0.717, 1.165) is 6.42 Å². The van der Waals surface area contributed by atoms with Crippen LogP contribution in [0.4, 0.5) is 0 Å². The highest BCUT2D eigenvalue weighted by Gasteiger charge is 1.78. The SMILES string of the molecule is CC/C=C/[C@H](C)N. The first-order valence-corrected chi connectivity index (χ1v) is 2.69. The molecule has 0 radical (unpaired) electrons. The molecule has 1 heteroatoms. The standard InChI is InChI=1S/C6H13N/c1-3-4-5-6(2)7/h4-6H,3,7H2,1-2H3/b5-4+/t6-/m0/s1. The van der Waals surface area contributed by atoms with Crippen LogP contribution in [0.15, 0.2) is 12.2 Å². The average Bonchev–Trinajstić information content (AvgIpc) is 1.61. The van der Waals surface area contributed by atoms with Crippen molar-refractivity contribution in [2.75, 3.05) is 0 Å². The van der Waals surface area contributed by atoms with Crippen LogP contribution in [0.2, 0.25) is 0 Å². The summed E-state index contributed by atoms with van der Waals surface area (Å²) in [5, 5.41) is 0. The highest BCUT2D eigenvalue weighted by molar-refractivity contribution is 4.87. The van der Waals surface area contributed by atoms with Crippen molar-refractivity contribution < 1.29 is 0 Å². The topological polar surface area (TPSA) is 26.0 Å². The van der Waals surface area contributed by atoms with Crippen LogP contribution in [0, 0.1) is 0 Å². The summed E-state index contributed by atoms with van der Waals surface area (Å²) in [6.07, 6.45) is 5.16. The minimum absolute atomic E-state index is 0.222. The zero-order valence-corrected chi connectivity index (χ0v) is 5.02. The normalized spacial score (nSPS) is 15.3. The molecule has 2 N–H and O–H groups in total. The van der Waals surface area contributed by atoms with Crippen molar-refractivity contribution in [1.29, 1.82) is 0 Å². The minimum atomic E-state index is 0.222. The maximum atomic E-state index is 5.39. The Morgan fingerprint density at radius 2 is 2.29 bits per heavy atom. The molecule has 0 saturated carbocycles. The molecule has 0 spiro atoms. The Bertz CT molecular complexity index is 55.2. The van der Waals surface area contributed by atoms with Crippen LogP contribution in [-0.2, 0) is 0 Å². The van der Waals surface area contributed by atoms with Crippen molar-refractivity contribution in [2.24, 2.45) is 5.73 Å². The van der Waals surface area contributed by atoms with Crippen molar-refractivity contribution in [3.05, 3.63) is 12.2 Å². The van der Waals surface area contributed by atoms with Crippen molar-refractivity contribution in [3.63, 3.8) is 0 Å². The van der Waals surface area contributed by atoms with Gasteiger partial charge < -0.3 is 5.73 Å². The predicted molar refractivity (Wildman–Crippen MR) is 33.1 cm³/mol.